The minimum Gasteiger partial charge on any atom is -0.373 e. The normalized spacial score (nSPS) is 24.7. The second-order valence-corrected chi connectivity index (χ2v) is 6.00. The molecule has 2 unspecified atom stereocenters. The van der Waals surface area contributed by atoms with Crippen LogP contribution in [0.5, 0.6) is 0 Å². The van der Waals surface area contributed by atoms with E-state index in [1.165, 1.54) is 0 Å². The first-order valence-corrected chi connectivity index (χ1v) is 7.92. The van der Waals surface area contributed by atoms with E-state index in [1.54, 1.807) is 11.3 Å². The molecule has 0 N–H and O–H groups in total. The zero-order chi connectivity index (χ0) is 12.5. The monoisotopic (exact) mass is 327 g/mol. The van der Waals surface area contributed by atoms with Gasteiger partial charge in [-0.25, -0.2) is 9.97 Å². The van der Waals surface area contributed by atoms with Crippen LogP contribution in [0.15, 0.2) is 17.6 Å². The first-order valence-electron chi connectivity index (χ1n) is 5.92. The maximum absolute atomic E-state index is 5.72. The lowest BCUT2D eigenvalue weighted by Crippen LogP contribution is -2.49. The molecule has 2 aromatic heterocycles. The Labute approximate surface area is 118 Å². The van der Waals surface area contributed by atoms with Gasteiger partial charge in [0.2, 0.25) is 5.95 Å². The van der Waals surface area contributed by atoms with Crippen LogP contribution in [-0.2, 0) is 4.74 Å². The van der Waals surface area contributed by atoms with Gasteiger partial charge in [0.1, 0.15) is 4.83 Å². The number of rotatable bonds is 2. The molecule has 0 saturated carbocycles. The topological polar surface area (TPSA) is 38.2 Å². The molecule has 1 aliphatic heterocycles. The van der Waals surface area contributed by atoms with E-state index in [0.29, 0.717) is 6.04 Å². The Bertz CT molecular complexity index is 547. The highest BCUT2D eigenvalue weighted by Gasteiger charge is 2.27. The van der Waals surface area contributed by atoms with Crippen LogP contribution in [0.1, 0.15) is 6.92 Å². The summed E-state index contributed by atoms with van der Waals surface area (Å²) in [6, 6.07) is 2.37. The average Bonchev–Trinajstić information content (AvgIpc) is 2.86. The third-order valence-electron chi connectivity index (χ3n) is 3.13. The van der Waals surface area contributed by atoms with Gasteiger partial charge >= 0.3 is 0 Å². The molecule has 0 aromatic carbocycles. The van der Waals surface area contributed by atoms with E-state index in [2.05, 4.69) is 37.7 Å². The second-order valence-electron chi connectivity index (χ2n) is 4.46. The van der Waals surface area contributed by atoms with Gasteiger partial charge in [-0.15, -0.1) is 11.3 Å². The van der Waals surface area contributed by atoms with Crippen molar-refractivity contribution in [1.29, 1.82) is 0 Å². The van der Waals surface area contributed by atoms with Crippen molar-refractivity contribution in [3.8, 4) is 0 Å². The fraction of sp³-hybridized carbons (Fsp3) is 0.500. The number of hydrogen-bond acceptors (Lipinski definition) is 5. The molecule has 4 nitrogen and oxygen atoms in total. The fourth-order valence-corrected chi connectivity index (χ4v) is 3.20. The van der Waals surface area contributed by atoms with Crippen LogP contribution in [0.4, 0.5) is 5.95 Å². The van der Waals surface area contributed by atoms with Crippen LogP contribution < -0.4 is 4.90 Å². The van der Waals surface area contributed by atoms with E-state index in [9.17, 15) is 0 Å². The molecular weight excluding hydrogens is 314 g/mol. The van der Waals surface area contributed by atoms with Crippen LogP contribution in [0.2, 0.25) is 0 Å². The molecule has 0 amide bonds. The van der Waals surface area contributed by atoms with E-state index in [1.807, 2.05) is 17.6 Å². The van der Waals surface area contributed by atoms with E-state index >= 15 is 0 Å². The highest BCUT2D eigenvalue weighted by molar-refractivity contribution is 9.09. The second kappa shape index (κ2) is 5.11. The summed E-state index contributed by atoms with van der Waals surface area (Å²) in [5.41, 5.74) is 0. The summed E-state index contributed by atoms with van der Waals surface area (Å²) in [6.45, 7) is 3.71. The number of nitrogens with zero attached hydrogens (tertiary/aromatic N) is 3. The molecule has 1 saturated heterocycles. The number of hydrogen-bond donors (Lipinski definition) is 0. The molecule has 2 atom stereocenters. The van der Waals surface area contributed by atoms with Crippen molar-refractivity contribution >= 4 is 43.4 Å². The number of ether oxygens (including phenoxy) is 1. The third-order valence-corrected chi connectivity index (χ3v) is 4.67. The van der Waals surface area contributed by atoms with Crippen molar-refractivity contribution in [1.82, 2.24) is 9.97 Å². The van der Waals surface area contributed by atoms with Crippen LogP contribution >= 0.6 is 27.3 Å². The number of fused-ring (bicyclic) bond motifs is 1. The SMILES string of the molecule is CC1COC(CBr)CN1c1ncc2ccsc2n1. The average molecular weight is 328 g/mol. The minimum absolute atomic E-state index is 0.212. The Balaban J connectivity index is 1.91. The van der Waals surface area contributed by atoms with Crippen LogP contribution in [-0.4, -0.2) is 40.6 Å². The lowest BCUT2D eigenvalue weighted by atomic mass is 10.2. The van der Waals surface area contributed by atoms with E-state index < -0.39 is 0 Å². The quantitative estimate of drug-likeness (QED) is 0.795. The molecule has 0 spiro atoms. The van der Waals surface area contributed by atoms with Gasteiger partial charge in [-0.05, 0) is 18.4 Å². The number of halogens is 1. The van der Waals surface area contributed by atoms with Gasteiger partial charge in [0.05, 0.1) is 18.8 Å². The van der Waals surface area contributed by atoms with E-state index in [0.717, 1.165) is 34.6 Å². The molecule has 0 aliphatic carbocycles. The van der Waals surface area contributed by atoms with Gasteiger partial charge in [0, 0.05) is 23.5 Å². The molecule has 0 bridgehead atoms. The lowest BCUT2D eigenvalue weighted by molar-refractivity contribution is 0.0373. The van der Waals surface area contributed by atoms with Crippen molar-refractivity contribution in [3.05, 3.63) is 17.6 Å². The molecule has 96 valence electrons. The summed E-state index contributed by atoms with van der Waals surface area (Å²) >= 11 is 5.13. The summed E-state index contributed by atoms with van der Waals surface area (Å²) in [5.74, 6) is 0.812. The van der Waals surface area contributed by atoms with Gasteiger partial charge < -0.3 is 9.64 Å². The summed E-state index contributed by atoms with van der Waals surface area (Å²) in [4.78, 5) is 12.4. The van der Waals surface area contributed by atoms with E-state index in [4.69, 9.17) is 4.74 Å². The van der Waals surface area contributed by atoms with Crippen LogP contribution in [0.3, 0.4) is 0 Å². The lowest BCUT2D eigenvalue weighted by Gasteiger charge is -2.37. The number of aromatic nitrogens is 2. The number of morpholine rings is 1. The minimum atomic E-state index is 0.212. The molecular formula is C12H14BrN3OS. The molecule has 1 fully saturated rings. The molecule has 18 heavy (non-hydrogen) atoms. The maximum atomic E-state index is 5.72. The van der Waals surface area contributed by atoms with Crippen molar-refractivity contribution in [2.75, 3.05) is 23.4 Å². The van der Waals surface area contributed by atoms with Gasteiger partial charge in [-0.3, -0.25) is 0 Å². The Hall–Kier alpha value is -0.720. The molecule has 0 radical (unpaired) electrons. The van der Waals surface area contributed by atoms with Crippen LogP contribution in [0, 0.1) is 0 Å². The van der Waals surface area contributed by atoms with Gasteiger partial charge in [-0.2, -0.15) is 0 Å². The molecule has 2 aromatic rings. The third kappa shape index (κ3) is 2.24. The van der Waals surface area contributed by atoms with Crippen molar-refractivity contribution in [2.24, 2.45) is 0 Å². The Morgan fingerprint density at radius 3 is 3.33 bits per heavy atom. The van der Waals surface area contributed by atoms with Crippen molar-refractivity contribution in [2.45, 2.75) is 19.1 Å². The summed E-state index contributed by atoms with van der Waals surface area (Å²) in [6.07, 6.45) is 2.11. The molecule has 3 heterocycles. The number of alkyl halides is 1. The molecule has 1 aliphatic rings. The highest BCUT2D eigenvalue weighted by Crippen LogP contribution is 2.23. The maximum Gasteiger partial charge on any atom is 0.227 e. The van der Waals surface area contributed by atoms with E-state index in [-0.39, 0.29) is 6.10 Å². The Kier molecular flexibility index (Phi) is 3.50. The largest absolute Gasteiger partial charge is 0.373 e. The first-order chi connectivity index (χ1) is 8.78. The fourth-order valence-electron chi connectivity index (χ4n) is 2.08. The number of thiophene rings is 1. The van der Waals surface area contributed by atoms with Crippen LogP contribution in [0.25, 0.3) is 10.2 Å². The molecule has 6 heteroatoms. The summed E-state index contributed by atoms with van der Waals surface area (Å²) in [5, 5.41) is 4.01. The Morgan fingerprint density at radius 2 is 2.50 bits per heavy atom. The predicted octanol–water partition coefficient (Wildman–Crippen LogP) is 2.68. The van der Waals surface area contributed by atoms with Crippen molar-refractivity contribution < 1.29 is 4.74 Å². The van der Waals surface area contributed by atoms with Gasteiger partial charge in [-0.1, -0.05) is 15.9 Å². The predicted molar refractivity (Wildman–Crippen MR) is 77.8 cm³/mol. The standard InChI is InChI=1S/C12H14BrN3OS/c1-8-7-17-10(4-13)6-16(8)12-14-5-9-2-3-18-11(9)15-12/h2-3,5,8,10H,4,6-7H2,1H3. The highest BCUT2D eigenvalue weighted by atomic mass is 79.9. The zero-order valence-electron chi connectivity index (χ0n) is 10.0. The summed E-state index contributed by atoms with van der Waals surface area (Å²) in [7, 11) is 0. The zero-order valence-corrected chi connectivity index (χ0v) is 12.4. The number of anilines is 1. The van der Waals surface area contributed by atoms with Gasteiger partial charge in [0.25, 0.3) is 0 Å². The van der Waals surface area contributed by atoms with Gasteiger partial charge in [0.15, 0.2) is 0 Å². The first kappa shape index (κ1) is 12.3. The van der Waals surface area contributed by atoms with Crippen molar-refractivity contribution in [3.63, 3.8) is 0 Å². The smallest absolute Gasteiger partial charge is 0.227 e. The Morgan fingerprint density at radius 1 is 1.61 bits per heavy atom. The summed E-state index contributed by atoms with van der Waals surface area (Å²) < 4.78 is 5.72. The molecule has 3 rings (SSSR count).